The van der Waals surface area contributed by atoms with Crippen LogP contribution in [-0.4, -0.2) is 10.2 Å². The lowest BCUT2D eigenvalue weighted by molar-refractivity contribution is -0.113. The summed E-state index contributed by atoms with van der Waals surface area (Å²) in [6.45, 7) is 0. The van der Waals surface area contributed by atoms with Crippen molar-refractivity contribution >= 4 is 57.6 Å². The fraction of sp³-hybridized carbons (Fsp3) is 0. The Balaban J connectivity index is 1.63. The van der Waals surface area contributed by atoms with E-state index in [0.717, 1.165) is 17.3 Å². The van der Waals surface area contributed by atoms with E-state index < -0.39 is 5.82 Å². The van der Waals surface area contributed by atoms with Crippen molar-refractivity contribution in [3.05, 3.63) is 82.2 Å². The number of carbonyl (C=O) groups is 1. The van der Waals surface area contributed by atoms with Gasteiger partial charge >= 0.3 is 0 Å². The zero-order valence-corrected chi connectivity index (χ0v) is 16.1. The number of hydrogen-bond acceptors (Lipinski definition) is 4. The number of benzene rings is 2. The number of halogens is 2. The summed E-state index contributed by atoms with van der Waals surface area (Å²) in [4.78, 5) is 14.4. The van der Waals surface area contributed by atoms with Crippen molar-refractivity contribution in [3.8, 4) is 11.3 Å². The minimum atomic E-state index is -0.430. The van der Waals surface area contributed by atoms with E-state index in [1.807, 2.05) is 18.2 Å². The maximum Gasteiger partial charge on any atom is 0.270 e. The number of nitrogens with zero attached hydrogens (tertiary/aromatic N) is 1. The van der Waals surface area contributed by atoms with Crippen molar-refractivity contribution in [1.82, 2.24) is 0 Å². The average molecular weight is 416 g/mol. The molecule has 1 amide bonds. The summed E-state index contributed by atoms with van der Waals surface area (Å²) in [7, 11) is 0. The second-order valence-electron chi connectivity index (χ2n) is 5.68. The van der Waals surface area contributed by atoms with E-state index >= 15 is 0 Å². The predicted octanol–water partition coefficient (Wildman–Crippen LogP) is 6.14. The van der Waals surface area contributed by atoms with Crippen molar-refractivity contribution in [1.29, 1.82) is 0 Å². The van der Waals surface area contributed by atoms with E-state index in [2.05, 4.69) is 0 Å². The lowest BCUT2D eigenvalue weighted by Gasteiger charge is -2.14. The SMILES string of the molecule is O=C1/C(=C\c2ccc(-c3ccccc3Cl)o2)SC(=S)N1c1cccc(F)c1. The van der Waals surface area contributed by atoms with Crippen molar-refractivity contribution in [2.24, 2.45) is 0 Å². The van der Waals surface area contributed by atoms with Crippen LogP contribution in [0.2, 0.25) is 5.02 Å². The number of hydrogen-bond donors (Lipinski definition) is 0. The normalized spacial score (nSPS) is 15.8. The highest BCUT2D eigenvalue weighted by Crippen LogP contribution is 2.37. The largest absolute Gasteiger partial charge is 0.457 e. The number of thioether (sulfide) groups is 1. The Hall–Kier alpha value is -2.41. The average Bonchev–Trinajstić information content (AvgIpc) is 3.20. The number of furan rings is 1. The summed E-state index contributed by atoms with van der Waals surface area (Å²) in [5.74, 6) is 0.365. The van der Waals surface area contributed by atoms with E-state index in [1.165, 1.54) is 23.1 Å². The molecule has 2 aromatic carbocycles. The van der Waals surface area contributed by atoms with Crippen LogP contribution in [0.15, 0.2) is 70.0 Å². The molecule has 1 aliphatic heterocycles. The third-order valence-corrected chi connectivity index (χ3v) is 5.53. The first kappa shape index (κ1) is 18.0. The van der Waals surface area contributed by atoms with E-state index in [1.54, 1.807) is 30.3 Å². The van der Waals surface area contributed by atoms with Crippen LogP contribution in [0.1, 0.15) is 5.76 Å². The summed E-state index contributed by atoms with van der Waals surface area (Å²) in [6.07, 6.45) is 1.62. The van der Waals surface area contributed by atoms with Crippen LogP contribution in [0.25, 0.3) is 17.4 Å². The van der Waals surface area contributed by atoms with Gasteiger partial charge in [-0.3, -0.25) is 9.69 Å². The second-order valence-corrected chi connectivity index (χ2v) is 7.76. The first-order valence-electron chi connectivity index (χ1n) is 7.91. The zero-order chi connectivity index (χ0) is 19.0. The predicted molar refractivity (Wildman–Crippen MR) is 111 cm³/mol. The Bertz CT molecular complexity index is 1090. The van der Waals surface area contributed by atoms with Crippen molar-refractivity contribution in [3.63, 3.8) is 0 Å². The molecular weight excluding hydrogens is 405 g/mol. The summed E-state index contributed by atoms with van der Waals surface area (Å²) < 4.78 is 19.6. The molecule has 0 spiro atoms. The van der Waals surface area contributed by atoms with Gasteiger partial charge in [-0.25, -0.2) is 4.39 Å². The molecule has 0 saturated carbocycles. The van der Waals surface area contributed by atoms with Crippen LogP contribution >= 0.6 is 35.6 Å². The fourth-order valence-electron chi connectivity index (χ4n) is 2.67. The molecule has 2 heterocycles. The lowest BCUT2D eigenvalue weighted by atomic mass is 10.2. The maximum atomic E-state index is 13.5. The van der Waals surface area contributed by atoms with E-state index in [4.69, 9.17) is 28.2 Å². The first-order chi connectivity index (χ1) is 13.0. The summed E-state index contributed by atoms with van der Waals surface area (Å²) in [5.41, 5.74) is 1.17. The van der Waals surface area contributed by atoms with Crippen LogP contribution in [0.4, 0.5) is 10.1 Å². The van der Waals surface area contributed by atoms with E-state index in [0.29, 0.717) is 31.5 Å². The molecule has 0 bridgehead atoms. The molecule has 1 saturated heterocycles. The molecule has 3 aromatic rings. The van der Waals surface area contributed by atoms with Gasteiger partial charge < -0.3 is 4.42 Å². The van der Waals surface area contributed by atoms with Gasteiger partial charge in [0.05, 0.1) is 15.6 Å². The zero-order valence-electron chi connectivity index (χ0n) is 13.7. The van der Waals surface area contributed by atoms with Gasteiger partial charge in [0.2, 0.25) is 0 Å². The molecular formula is C20H11ClFNO2S2. The standard InChI is InChI=1S/C20H11ClFNO2S2/c21-16-7-2-1-6-15(16)17-9-8-14(25-17)11-18-19(24)23(20(26)27-18)13-5-3-4-12(22)10-13/h1-11H/b18-11+. The Kier molecular flexibility index (Phi) is 4.86. The van der Waals surface area contributed by atoms with Crippen LogP contribution in [0, 0.1) is 5.82 Å². The van der Waals surface area contributed by atoms with Gasteiger partial charge in [-0.15, -0.1) is 0 Å². The Morgan fingerprint density at radius 2 is 1.93 bits per heavy atom. The smallest absolute Gasteiger partial charge is 0.270 e. The number of carbonyl (C=O) groups excluding carboxylic acids is 1. The molecule has 3 nitrogen and oxygen atoms in total. The van der Waals surface area contributed by atoms with E-state index in [9.17, 15) is 9.18 Å². The summed E-state index contributed by atoms with van der Waals surface area (Å²) in [6, 6.07) is 16.7. The molecule has 1 aromatic heterocycles. The molecule has 134 valence electrons. The van der Waals surface area contributed by atoms with Gasteiger partial charge in [0.15, 0.2) is 4.32 Å². The number of anilines is 1. The fourth-order valence-corrected chi connectivity index (χ4v) is 4.18. The highest BCUT2D eigenvalue weighted by Gasteiger charge is 2.33. The second kappa shape index (κ2) is 7.31. The third-order valence-electron chi connectivity index (χ3n) is 3.90. The van der Waals surface area contributed by atoms with Crippen molar-refractivity contribution < 1.29 is 13.6 Å². The van der Waals surface area contributed by atoms with Gasteiger partial charge in [-0.2, -0.15) is 0 Å². The summed E-state index contributed by atoms with van der Waals surface area (Å²) >= 11 is 12.6. The topological polar surface area (TPSA) is 33.5 Å². The number of thiocarbonyl (C=S) groups is 1. The molecule has 0 radical (unpaired) electrons. The van der Waals surface area contributed by atoms with Gasteiger partial charge in [0.1, 0.15) is 17.3 Å². The maximum absolute atomic E-state index is 13.5. The molecule has 1 aliphatic rings. The third kappa shape index (κ3) is 3.56. The number of rotatable bonds is 3. The Morgan fingerprint density at radius 3 is 2.70 bits per heavy atom. The first-order valence-corrected chi connectivity index (χ1v) is 9.51. The highest BCUT2D eigenvalue weighted by molar-refractivity contribution is 8.27. The Labute approximate surface area is 169 Å². The van der Waals surface area contributed by atoms with Gasteiger partial charge in [-0.1, -0.05) is 53.8 Å². The minimum absolute atomic E-state index is 0.314. The number of amides is 1. The molecule has 0 atom stereocenters. The molecule has 1 fully saturated rings. The molecule has 4 rings (SSSR count). The molecule has 0 aliphatic carbocycles. The van der Waals surface area contributed by atoms with Crippen molar-refractivity contribution in [2.75, 3.05) is 4.90 Å². The molecule has 7 heteroatoms. The quantitative estimate of drug-likeness (QED) is 0.379. The van der Waals surface area contributed by atoms with Crippen LogP contribution in [0.5, 0.6) is 0 Å². The summed E-state index contributed by atoms with van der Waals surface area (Å²) in [5, 5.41) is 0.579. The van der Waals surface area contributed by atoms with Crippen LogP contribution in [0.3, 0.4) is 0 Å². The minimum Gasteiger partial charge on any atom is -0.457 e. The lowest BCUT2D eigenvalue weighted by Crippen LogP contribution is -2.27. The van der Waals surface area contributed by atoms with Gasteiger partial charge in [0.25, 0.3) is 5.91 Å². The molecule has 27 heavy (non-hydrogen) atoms. The Morgan fingerprint density at radius 1 is 1.11 bits per heavy atom. The molecule has 0 unspecified atom stereocenters. The van der Waals surface area contributed by atoms with E-state index in [-0.39, 0.29) is 5.91 Å². The highest BCUT2D eigenvalue weighted by atomic mass is 35.5. The van der Waals surface area contributed by atoms with Gasteiger partial charge in [-0.05, 0) is 42.5 Å². The van der Waals surface area contributed by atoms with Gasteiger partial charge in [0, 0.05) is 11.6 Å². The van der Waals surface area contributed by atoms with Crippen LogP contribution < -0.4 is 4.90 Å². The van der Waals surface area contributed by atoms with Crippen LogP contribution in [-0.2, 0) is 4.79 Å². The van der Waals surface area contributed by atoms with Crippen molar-refractivity contribution in [2.45, 2.75) is 0 Å². The molecule has 0 N–H and O–H groups in total. The monoisotopic (exact) mass is 415 g/mol.